The lowest BCUT2D eigenvalue weighted by Crippen LogP contribution is -2.48. The third-order valence-electron chi connectivity index (χ3n) is 5.79. The van der Waals surface area contributed by atoms with Gasteiger partial charge in [-0.15, -0.1) is 0 Å². The summed E-state index contributed by atoms with van der Waals surface area (Å²) >= 11 is 0. The molecule has 0 radical (unpaired) electrons. The number of rotatable bonds is 11. The molecule has 0 aromatic rings. The molecule has 5 nitrogen and oxygen atoms in total. The van der Waals surface area contributed by atoms with Crippen LogP contribution in [0.2, 0.25) is 44.3 Å². The van der Waals surface area contributed by atoms with Crippen molar-refractivity contribution in [2.24, 2.45) is 5.92 Å². The second-order valence-electron chi connectivity index (χ2n) is 8.85. The van der Waals surface area contributed by atoms with Crippen LogP contribution in [-0.4, -0.2) is 59.0 Å². The molecule has 1 saturated heterocycles. The van der Waals surface area contributed by atoms with Crippen LogP contribution in [0.25, 0.3) is 0 Å². The van der Waals surface area contributed by atoms with E-state index in [1.165, 1.54) is 31.7 Å². The highest BCUT2D eigenvalue weighted by Crippen LogP contribution is 2.41. The van der Waals surface area contributed by atoms with E-state index in [2.05, 4.69) is 26.2 Å². The highest BCUT2D eigenvalue weighted by molar-refractivity contribution is 6.85. The van der Waals surface area contributed by atoms with E-state index in [-0.39, 0.29) is 0 Å². The summed E-state index contributed by atoms with van der Waals surface area (Å²) in [4.78, 5) is 0. The first-order chi connectivity index (χ1) is 11.6. The van der Waals surface area contributed by atoms with Gasteiger partial charge in [0.25, 0.3) is 0 Å². The van der Waals surface area contributed by atoms with E-state index in [1.54, 1.807) is 21.3 Å². The molecule has 148 valence electrons. The highest BCUT2D eigenvalue weighted by atomic mass is 28.4. The first kappa shape index (κ1) is 21.7. The van der Waals surface area contributed by atoms with Gasteiger partial charge in [-0.25, -0.2) is 0 Å². The minimum atomic E-state index is -2.49. The molecule has 1 aliphatic carbocycles. The molecule has 3 atom stereocenters. The van der Waals surface area contributed by atoms with Gasteiger partial charge in [-0.2, -0.15) is 0 Å². The maximum Gasteiger partial charge on any atom is 0.499 e. The summed E-state index contributed by atoms with van der Waals surface area (Å²) in [5, 5.41) is 0. The largest absolute Gasteiger partial charge is 0.499 e. The molecular weight excluding hydrogens is 368 g/mol. The van der Waals surface area contributed by atoms with Crippen molar-refractivity contribution < 1.29 is 22.1 Å². The van der Waals surface area contributed by atoms with Crippen LogP contribution >= 0.6 is 0 Å². The summed E-state index contributed by atoms with van der Waals surface area (Å²) in [6, 6.07) is 3.11. The second-order valence-corrected chi connectivity index (χ2v) is 20.8. The van der Waals surface area contributed by atoms with Crippen LogP contribution in [0.15, 0.2) is 0 Å². The minimum Gasteiger partial charge on any atom is -0.456 e. The Morgan fingerprint density at radius 3 is 1.96 bits per heavy atom. The SMILES string of the molecule is CO[Si](CC[Si](C)(C)O[Si](C)(C)CCC1CCC2OC2C1)(OC)OC. The zero-order chi connectivity index (χ0) is 18.7. The average molecular weight is 407 g/mol. The molecule has 1 heterocycles. The monoisotopic (exact) mass is 406 g/mol. The number of ether oxygens (including phenoxy) is 1. The second kappa shape index (κ2) is 8.64. The van der Waals surface area contributed by atoms with Gasteiger partial charge in [-0.05, 0) is 63.5 Å². The zero-order valence-electron chi connectivity index (χ0n) is 17.2. The molecule has 0 spiro atoms. The van der Waals surface area contributed by atoms with Gasteiger partial charge in [0.15, 0.2) is 16.6 Å². The standard InChI is InChI=1S/C17H38O5Si3/c1-18-25(19-2,20-3)13-12-24(6,7)22-23(4,5)11-10-15-8-9-16-17(14-15)21-16/h15-17H,8-14H2,1-7H3. The van der Waals surface area contributed by atoms with Crippen LogP contribution in [0.4, 0.5) is 0 Å². The Bertz CT molecular complexity index is 420. The van der Waals surface area contributed by atoms with Crippen LogP contribution in [0.1, 0.15) is 25.7 Å². The summed E-state index contributed by atoms with van der Waals surface area (Å²) in [6.45, 7) is 9.42. The van der Waals surface area contributed by atoms with Crippen molar-refractivity contribution in [3.63, 3.8) is 0 Å². The van der Waals surface area contributed by atoms with Crippen molar-refractivity contribution in [2.45, 2.75) is 82.2 Å². The van der Waals surface area contributed by atoms with Gasteiger partial charge in [0.05, 0.1) is 12.2 Å². The third-order valence-corrected chi connectivity index (χ3v) is 16.4. The predicted octanol–water partition coefficient (Wildman–Crippen LogP) is 4.25. The average Bonchev–Trinajstić information content (AvgIpc) is 3.32. The quantitative estimate of drug-likeness (QED) is 0.379. The molecule has 2 rings (SSSR count). The summed E-state index contributed by atoms with van der Waals surface area (Å²) in [7, 11) is -0.838. The van der Waals surface area contributed by atoms with E-state index in [4.69, 9.17) is 22.1 Å². The number of hydrogen-bond acceptors (Lipinski definition) is 5. The van der Waals surface area contributed by atoms with Crippen molar-refractivity contribution in [3.05, 3.63) is 0 Å². The van der Waals surface area contributed by atoms with E-state index >= 15 is 0 Å². The van der Waals surface area contributed by atoms with Crippen LogP contribution in [0, 0.1) is 5.92 Å². The van der Waals surface area contributed by atoms with Crippen molar-refractivity contribution >= 4 is 25.4 Å². The molecule has 3 unspecified atom stereocenters. The van der Waals surface area contributed by atoms with E-state index in [0.29, 0.717) is 12.2 Å². The lowest BCUT2D eigenvalue weighted by Gasteiger charge is -2.36. The van der Waals surface area contributed by atoms with Gasteiger partial charge in [0, 0.05) is 27.4 Å². The first-order valence-corrected chi connectivity index (χ1v) is 17.8. The Labute approximate surface area is 157 Å². The lowest BCUT2D eigenvalue weighted by molar-refractivity contribution is 0.125. The summed E-state index contributed by atoms with van der Waals surface area (Å²) in [6.07, 6.45) is 6.40. The van der Waals surface area contributed by atoms with Gasteiger partial charge in [0.2, 0.25) is 0 Å². The Hall–Kier alpha value is 0.451. The normalized spacial score (nSPS) is 27.2. The molecule has 0 N–H and O–H groups in total. The smallest absolute Gasteiger partial charge is 0.456 e. The van der Waals surface area contributed by atoms with Crippen LogP contribution in [-0.2, 0) is 22.1 Å². The summed E-state index contributed by atoms with van der Waals surface area (Å²) in [5.74, 6) is 0.847. The zero-order valence-corrected chi connectivity index (χ0v) is 20.2. The maximum atomic E-state index is 6.78. The first-order valence-electron chi connectivity index (χ1n) is 9.65. The van der Waals surface area contributed by atoms with Gasteiger partial charge in [-0.3, -0.25) is 0 Å². The van der Waals surface area contributed by atoms with E-state index in [9.17, 15) is 0 Å². The fraction of sp³-hybridized carbons (Fsp3) is 1.00. The Balaban J connectivity index is 1.78. The molecule has 0 amide bonds. The van der Waals surface area contributed by atoms with E-state index < -0.39 is 25.4 Å². The fourth-order valence-corrected chi connectivity index (χ4v) is 16.8. The van der Waals surface area contributed by atoms with Crippen molar-refractivity contribution in [1.29, 1.82) is 0 Å². The predicted molar refractivity (Wildman–Crippen MR) is 108 cm³/mol. The van der Waals surface area contributed by atoms with Crippen molar-refractivity contribution in [3.8, 4) is 0 Å². The van der Waals surface area contributed by atoms with Gasteiger partial charge < -0.3 is 22.1 Å². The summed E-state index contributed by atoms with van der Waals surface area (Å²) in [5.41, 5.74) is 0. The van der Waals surface area contributed by atoms with Crippen LogP contribution < -0.4 is 0 Å². The number of hydrogen-bond donors (Lipinski definition) is 0. The molecule has 2 fully saturated rings. The molecule has 0 bridgehead atoms. The lowest BCUT2D eigenvalue weighted by atomic mass is 9.88. The molecule has 8 heteroatoms. The molecule has 25 heavy (non-hydrogen) atoms. The Morgan fingerprint density at radius 2 is 1.40 bits per heavy atom. The Kier molecular flexibility index (Phi) is 7.52. The highest BCUT2D eigenvalue weighted by Gasteiger charge is 2.45. The molecule has 0 aromatic heterocycles. The molecular formula is C17H38O5Si3. The van der Waals surface area contributed by atoms with Gasteiger partial charge in [0.1, 0.15) is 0 Å². The molecule has 2 aliphatic rings. The van der Waals surface area contributed by atoms with Crippen LogP contribution in [0.3, 0.4) is 0 Å². The van der Waals surface area contributed by atoms with E-state index in [1.807, 2.05) is 0 Å². The van der Waals surface area contributed by atoms with Crippen molar-refractivity contribution in [2.75, 3.05) is 21.3 Å². The molecule has 1 aliphatic heterocycles. The van der Waals surface area contributed by atoms with E-state index in [0.717, 1.165) is 18.0 Å². The molecule has 1 saturated carbocycles. The Morgan fingerprint density at radius 1 is 0.800 bits per heavy atom. The summed E-state index contributed by atoms with van der Waals surface area (Å²) < 4.78 is 29.1. The third kappa shape index (κ3) is 6.53. The molecule has 0 aromatic carbocycles. The topological polar surface area (TPSA) is 49.5 Å². The maximum absolute atomic E-state index is 6.78. The number of epoxide rings is 1. The van der Waals surface area contributed by atoms with Crippen LogP contribution in [0.5, 0.6) is 0 Å². The number of fused-ring (bicyclic) bond motifs is 1. The minimum absolute atomic E-state index is 0.588. The fourth-order valence-electron chi connectivity index (χ4n) is 4.16. The van der Waals surface area contributed by atoms with Gasteiger partial charge >= 0.3 is 8.80 Å². The van der Waals surface area contributed by atoms with Gasteiger partial charge in [-0.1, -0.05) is 6.42 Å². The van der Waals surface area contributed by atoms with Crippen molar-refractivity contribution in [1.82, 2.24) is 0 Å².